The van der Waals surface area contributed by atoms with Crippen molar-refractivity contribution in [1.82, 2.24) is 5.32 Å². The van der Waals surface area contributed by atoms with Crippen molar-refractivity contribution in [2.45, 2.75) is 34.1 Å². The number of ether oxygens (including phenoxy) is 3. The Balaban J connectivity index is 1.76. The summed E-state index contributed by atoms with van der Waals surface area (Å²) in [6.07, 6.45) is 5.26. The largest absolute Gasteiger partial charge is 0.465 e. The van der Waals surface area contributed by atoms with Gasteiger partial charge in [0.2, 0.25) is 12.7 Å². The van der Waals surface area contributed by atoms with Crippen molar-refractivity contribution >= 4 is 47.1 Å². The van der Waals surface area contributed by atoms with E-state index < -0.39 is 36.6 Å². The Bertz CT molecular complexity index is 1500. The molecule has 1 atom stereocenters. The third-order valence-corrected chi connectivity index (χ3v) is 6.34. The number of nitrogens with one attached hydrogen (secondary N) is 4. The molecule has 226 valence electrons. The number of rotatable bonds is 8. The molecule has 0 aromatic heterocycles. The molecule has 0 fully saturated rings. The van der Waals surface area contributed by atoms with Crippen molar-refractivity contribution in [1.29, 1.82) is 5.41 Å². The first-order valence-electron chi connectivity index (χ1n) is 13.3. The second-order valence-electron chi connectivity index (χ2n) is 10.6. The molecule has 1 unspecified atom stereocenters. The van der Waals surface area contributed by atoms with Crippen molar-refractivity contribution in [3.8, 4) is 0 Å². The van der Waals surface area contributed by atoms with Gasteiger partial charge in [-0.3, -0.25) is 25.1 Å². The fourth-order valence-corrected chi connectivity index (χ4v) is 3.98. The van der Waals surface area contributed by atoms with Gasteiger partial charge in [0.1, 0.15) is 5.84 Å². The van der Waals surface area contributed by atoms with Gasteiger partial charge < -0.3 is 24.8 Å². The van der Waals surface area contributed by atoms with Crippen LogP contribution < -0.4 is 16.0 Å². The summed E-state index contributed by atoms with van der Waals surface area (Å²) in [6.45, 7) is 6.81. The number of allylic oxidation sites excluding steroid dienone is 3. The van der Waals surface area contributed by atoms with Crippen LogP contribution in [0.1, 0.15) is 60.4 Å². The van der Waals surface area contributed by atoms with Crippen LogP contribution in [0.4, 0.5) is 16.2 Å². The number of alkyl carbamates (subject to hydrolysis) is 1. The Kier molecular flexibility index (Phi) is 10.6. The molecule has 0 saturated heterocycles. The van der Waals surface area contributed by atoms with Gasteiger partial charge in [0.15, 0.2) is 0 Å². The zero-order valence-corrected chi connectivity index (χ0v) is 24.5. The SMILES string of the molecule is COC(=O)c1ccc(NC(=O)c2cccc(C(=N)NC(=O)OCOC(C)=O)c2)c(NC(=O)C2C=CC(C(C)(C)C)=CC2)c1. The minimum Gasteiger partial charge on any atom is -0.465 e. The molecule has 12 nitrogen and oxygen atoms in total. The second kappa shape index (κ2) is 14.1. The van der Waals surface area contributed by atoms with Crippen LogP contribution in [0.25, 0.3) is 0 Å². The zero-order chi connectivity index (χ0) is 31.7. The smallest absolute Gasteiger partial charge is 0.415 e. The molecule has 1 aliphatic rings. The highest BCUT2D eigenvalue weighted by atomic mass is 16.7. The highest BCUT2D eigenvalue weighted by molar-refractivity contribution is 6.10. The number of anilines is 2. The van der Waals surface area contributed by atoms with Crippen molar-refractivity contribution in [2.75, 3.05) is 24.5 Å². The monoisotopic (exact) mass is 590 g/mol. The van der Waals surface area contributed by atoms with Crippen LogP contribution >= 0.6 is 0 Å². The van der Waals surface area contributed by atoms with E-state index in [1.54, 1.807) is 0 Å². The first-order chi connectivity index (χ1) is 20.3. The minimum absolute atomic E-state index is 0.0510. The molecule has 43 heavy (non-hydrogen) atoms. The Labute approximate surface area is 249 Å². The molecule has 0 radical (unpaired) electrons. The predicted molar refractivity (Wildman–Crippen MR) is 159 cm³/mol. The maximum atomic E-state index is 13.2. The fourth-order valence-electron chi connectivity index (χ4n) is 3.98. The molecule has 3 rings (SSSR count). The lowest BCUT2D eigenvalue weighted by Crippen LogP contribution is -2.32. The average molecular weight is 591 g/mol. The van der Waals surface area contributed by atoms with Crippen molar-refractivity contribution < 1.29 is 38.2 Å². The van der Waals surface area contributed by atoms with Gasteiger partial charge in [0.05, 0.1) is 30.0 Å². The number of amides is 3. The molecule has 2 aromatic carbocycles. The number of carbonyl (C=O) groups is 5. The number of hydrogen-bond donors (Lipinski definition) is 4. The molecule has 0 saturated carbocycles. The van der Waals surface area contributed by atoms with Crippen LogP contribution in [0.3, 0.4) is 0 Å². The number of hydrogen-bond acceptors (Lipinski definition) is 9. The zero-order valence-electron chi connectivity index (χ0n) is 24.5. The first kappa shape index (κ1) is 32.3. The van der Waals surface area contributed by atoms with Crippen molar-refractivity contribution in [2.24, 2.45) is 11.3 Å². The van der Waals surface area contributed by atoms with E-state index >= 15 is 0 Å². The maximum Gasteiger partial charge on any atom is 0.415 e. The molecule has 0 bridgehead atoms. The third-order valence-electron chi connectivity index (χ3n) is 6.34. The van der Waals surface area contributed by atoms with Gasteiger partial charge in [-0.1, -0.05) is 51.1 Å². The van der Waals surface area contributed by atoms with Gasteiger partial charge in [0, 0.05) is 18.1 Å². The number of benzene rings is 2. The topological polar surface area (TPSA) is 173 Å². The van der Waals surface area contributed by atoms with Crippen LogP contribution in [-0.4, -0.2) is 49.6 Å². The molecule has 0 spiro atoms. The van der Waals surface area contributed by atoms with E-state index in [1.165, 1.54) is 49.6 Å². The molecule has 0 heterocycles. The van der Waals surface area contributed by atoms with Crippen LogP contribution in [-0.2, 0) is 23.8 Å². The summed E-state index contributed by atoms with van der Waals surface area (Å²) >= 11 is 0. The van der Waals surface area contributed by atoms with Crippen LogP contribution in [0.15, 0.2) is 66.3 Å². The standard InChI is InChI=1S/C31H34N4O8/c1-18(36)42-17-43-30(40)35-26(32)20-7-6-8-21(15-20)28(38)33-24-14-11-22(29(39)41-5)16-25(24)34-27(37)19-9-12-23(13-10-19)31(2,3)4/h6-9,11-16,19H,10,17H2,1-5H3,(H,33,38)(H,34,37)(H2,32,35,40). The Morgan fingerprint density at radius 3 is 2.28 bits per heavy atom. The number of amidine groups is 1. The van der Waals surface area contributed by atoms with Gasteiger partial charge >= 0.3 is 18.0 Å². The molecular weight excluding hydrogens is 556 g/mol. The van der Waals surface area contributed by atoms with Gasteiger partial charge in [-0.25, -0.2) is 9.59 Å². The summed E-state index contributed by atoms with van der Waals surface area (Å²) in [6, 6.07) is 10.2. The fraction of sp³-hybridized carbons (Fsp3) is 0.290. The van der Waals surface area contributed by atoms with E-state index in [0.717, 1.165) is 12.5 Å². The summed E-state index contributed by atoms with van der Waals surface area (Å²) in [5, 5.41) is 15.8. The van der Waals surface area contributed by atoms with E-state index in [0.29, 0.717) is 6.42 Å². The summed E-state index contributed by atoms with van der Waals surface area (Å²) in [5.41, 5.74) is 2.00. The Hall–Kier alpha value is -5.26. The Morgan fingerprint density at radius 2 is 1.65 bits per heavy atom. The molecule has 4 N–H and O–H groups in total. The Morgan fingerprint density at radius 1 is 0.930 bits per heavy atom. The van der Waals surface area contributed by atoms with Gasteiger partial charge in [0.25, 0.3) is 5.91 Å². The number of carbonyl (C=O) groups excluding carboxylic acids is 5. The maximum absolute atomic E-state index is 13.2. The lowest BCUT2D eigenvalue weighted by Gasteiger charge is -2.25. The quantitative estimate of drug-likeness (QED) is 0.147. The van der Waals surface area contributed by atoms with Gasteiger partial charge in [-0.2, -0.15) is 0 Å². The van der Waals surface area contributed by atoms with Crippen LogP contribution in [0, 0.1) is 16.7 Å². The highest BCUT2D eigenvalue weighted by Crippen LogP contribution is 2.32. The lowest BCUT2D eigenvalue weighted by molar-refractivity contribution is -0.149. The predicted octanol–water partition coefficient (Wildman–Crippen LogP) is 4.78. The van der Waals surface area contributed by atoms with E-state index in [9.17, 15) is 24.0 Å². The molecule has 3 amide bonds. The average Bonchev–Trinajstić information content (AvgIpc) is 2.97. The van der Waals surface area contributed by atoms with Crippen molar-refractivity contribution in [3.05, 3.63) is 83.0 Å². The van der Waals surface area contributed by atoms with Crippen molar-refractivity contribution in [3.63, 3.8) is 0 Å². The lowest BCUT2D eigenvalue weighted by atomic mass is 9.81. The minimum atomic E-state index is -1.02. The number of esters is 2. The molecule has 2 aromatic rings. The molecule has 0 aliphatic heterocycles. The van der Waals surface area contributed by atoms with Gasteiger partial charge in [-0.15, -0.1) is 0 Å². The molecule has 1 aliphatic carbocycles. The second-order valence-corrected chi connectivity index (χ2v) is 10.6. The highest BCUT2D eigenvalue weighted by Gasteiger charge is 2.24. The van der Waals surface area contributed by atoms with Crippen LogP contribution in [0.2, 0.25) is 0 Å². The van der Waals surface area contributed by atoms with E-state index in [-0.39, 0.29) is 45.2 Å². The normalized spacial score (nSPS) is 14.1. The summed E-state index contributed by atoms with van der Waals surface area (Å²) in [5.74, 6) is -2.96. The summed E-state index contributed by atoms with van der Waals surface area (Å²) < 4.78 is 14.0. The van der Waals surface area contributed by atoms with Crippen LogP contribution in [0.5, 0.6) is 0 Å². The summed E-state index contributed by atoms with van der Waals surface area (Å²) in [4.78, 5) is 61.2. The molecule has 12 heteroatoms. The molecular formula is C31H34N4O8. The first-order valence-corrected chi connectivity index (χ1v) is 13.3. The third kappa shape index (κ3) is 9.12. The van der Waals surface area contributed by atoms with Gasteiger partial charge in [-0.05, 0) is 47.7 Å². The van der Waals surface area contributed by atoms with E-state index in [2.05, 4.69) is 46.2 Å². The number of methoxy groups -OCH3 is 1. The summed E-state index contributed by atoms with van der Waals surface area (Å²) in [7, 11) is 1.24. The van der Waals surface area contributed by atoms with E-state index in [4.69, 9.17) is 10.1 Å². The van der Waals surface area contributed by atoms with E-state index in [1.807, 2.05) is 18.2 Å².